The Morgan fingerprint density at radius 1 is 0.900 bits per heavy atom. The molecule has 4 rings (SSSR count). The van der Waals surface area contributed by atoms with Crippen LogP contribution in [0.15, 0.2) is 83.8 Å². The van der Waals surface area contributed by atoms with Gasteiger partial charge in [-0.25, -0.2) is 8.42 Å². The van der Waals surface area contributed by atoms with Crippen LogP contribution in [0.2, 0.25) is 10.0 Å². The van der Waals surface area contributed by atoms with Crippen molar-refractivity contribution >= 4 is 38.7 Å². The molecule has 40 heavy (non-hydrogen) atoms. The SMILES string of the molecule is CCS(=O)(=O)c1ccc(CCNc2ccccc2-c2cc(Cl)c(-c3ccc(CN(C)C)c(C#N)c3)c(Cl)c2)cc1. The van der Waals surface area contributed by atoms with Crippen LogP contribution in [0, 0.1) is 11.3 Å². The molecule has 0 saturated carbocycles. The van der Waals surface area contributed by atoms with Crippen molar-refractivity contribution < 1.29 is 8.42 Å². The molecule has 0 unspecified atom stereocenters. The van der Waals surface area contributed by atoms with Crippen molar-refractivity contribution in [2.24, 2.45) is 0 Å². The van der Waals surface area contributed by atoms with Crippen LogP contribution >= 0.6 is 23.2 Å². The van der Waals surface area contributed by atoms with E-state index in [-0.39, 0.29) is 5.75 Å². The van der Waals surface area contributed by atoms with Gasteiger partial charge in [0, 0.05) is 29.9 Å². The Morgan fingerprint density at radius 2 is 1.57 bits per heavy atom. The van der Waals surface area contributed by atoms with E-state index in [0.29, 0.717) is 39.2 Å². The molecule has 8 heteroatoms. The zero-order valence-electron chi connectivity index (χ0n) is 22.7. The van der Waals surface area contributed by atoms with Gasteiger partial charge in [0.15, 0.2) is 9.84 Å². The lowest BCUT2D eigenvalue weighted by atomic mass is 9.96. The molecule has 206 valence electrons. The fourth-order valence-electron chi connectivity index (χ4n) is 4.58. The quantitative estimate of drug-likeness (QED) is 0.204. The summed E-state index contributed by atoms with van der Waals surface area (Å²) in [5.41, 5.74) is 6.85. The molecular formula is C32H31Cl2N3O2S. The van der Waals surface area contributed by atoms with Gasteiger partial charge in [0.1, 0.15) is 0 Å². The third kappa shape index (κ3) is 6.86. The van der Waals surface area contributed by atoms with Gasteiger partial charge in [0.2, 0.25) is 0 Å². The van der Waals surface area contributed by atoms with Gasteiger partial charge in [0.05, 0.1) is 32.3 Å². The Labute approximate surface area is 246 Å². The highest BCUT2D eigenvalue weighted by Gasteiger charge is 2.16. The Hall–Kier alpha value is -3.34. The fraction of sp³-hybridized carbons (Fsp3) is 0.219. The molecule has 0 saturated heterocycles. The van der Waals surface area contributed by atoms with Gasteiger partial charge < -0.3 is 10.2 Å². The second kappa shape index (κ2) is 12.9. The highest BCUT2D eigenvalue weighted by Crippen LogP contribution is 2.40. The zero-order chi connectivity index (χ0) is 28.9. The summed E-state index contributed by atoms with van der Waals surface area (Å²) in [6.07, 6.45) is 0.728. The molecule has 0 amide bonds. The number of nitrogens with one attached hydrogen (secondary N) is 1. The molecule has 0 fully saturated rings. The van der Waals surface area contributed by atoms with E-state index in [4.69, 9.17) is 23.2 Å². The Kier molecular flexibility index (Phi) is 9.55. The first-order chi connectivity index (χ1) is 19.1. The average Bonchev–Trinajstić information content (AvgIpc) is 2.93. The van der Waals surface area contributed by atoms with E-state index < -0.39 is 9.84 Å². The number of halogens is 2. The fourth-order valence-corrected chi connectivity index (χ4v) is 6.17. The van der Waals surface area contributed by atoms with Crippen LogP contribution in [0.5, 0.6) is 0 Å². The van der Waals surface area contributed by atoms with Gasteiger partial charge >= 0.3 is 0 Å². The minimum Gasteiger partial charge on any atom is -0.384 e. The second-order valence-corrected chi connectivity index (χ2v) is 12.9. The van der Waals surface area contributed by atoms with E-state index >= 15 is 0 Å². The van der Waals surface area contributed by atoms with Crippen LogP contribution in [0.3, 0.4) is 0 Å². The van der Waals surface area contributed by atoms with Crippen molar-refractivity contribution in [3.8, 4) is 28.3 Å². The molecule has 0 radical (unpaired) electrons. The summed E-state index contributed by atoms with van der Waals surface area (Å²) in [5, 5.41) is 14.2. The number of anilines is 1. The zero-order valence-corrected chi connectivity index (χ0v) is 25.0. The summed E-state index contributed by atoms with van der Waals surface area (Å²) in [5.74, 6) is 0.0870. The first-order valence-electron chi connectivity index (χ1n) is 12.9. The van der Waals surface area contributed by atoms with Gasteiger partial charge in [-0.15, -0.1) is 0 Å². The van der Waals surface area contributed by atoms with Crippen molar-refractivity contribution in [2.75, 3.05) is 31.7 Å². The summed E-state index contributed by atoms with van der Waals surface area (Å²) in [4.78, 5) is 2.37. The lowest BCUT2D eigenvalue weighted by molar-refractivity contribution is 0.402. The molecule has 4 aromatic rings. The van der Waals surface area contributed by atoms with Crippen molar-refractivity contribution in [1.29, 1.82) is 5.26 Å². The number of para-hydroxylation sites is 1. The number of hydrogen-bond acceptors (Lipinski definition) is 5. The van der Waals surface area contributed by atoms with Crippen LogP contribution in [-0.2, 0) is 22.8 Å². The van der Waals surface area contributed by atoms with Crippen molar-refractivity contribution in [1.82, 2.24) is 4.90 Å². The predicted molar refractivity (Wildman–Crippen MR) is 166 cm³/mol. The highest BCUT2D eigenvalue weighted by atomic mass is 35.5. The van der Waals surface area contributed by atoms with Crippen LogP contribution in [0.25, 0.3) is 22.3 Å². The topological polar surface area (TPSA) is 73.2 Å². The Bertz CT molecular complexity index is 1640. The summed E-state index contributed by atoms with van der Waals surface area (Å²) in [7, 11) is 0.725. The second-order valence-electron chi connectivity index (χ2n) is 9.81. The van der Waals surface area contributed by atoms with E-state index in [1.54, 1.807) is 19.1 Å². The third-order valence-corrected chi connectivity index (χ3v) is 9.02. The molecule has 1 N–H and O–H groups in total. The monoisotopic (exact) mass is 591 g/mol. The minimum absolute atomic E-state index is 0.0870. The molecule has 4 aromatic carbocycles. The van der Waals surface area contributed by atoms with E-state index in [9.17, 15) is 13.7 Å². The molecular weight excluding hydrogens is 561 g/mol. The largest absolute Gasteiger partial charge is 0.384 e. The van der Waals surface area contributed by atoms with Gasteiger partial charge in [-0.3, -0.25) is 0 Å². The molecule has 5 nitrogen and oxygen atoms in total. The Morgan fingerprint density at radius 3 is 2.20 bits per heavy atom. The number of nitriles is 1. The van der Waals surface area contributed by atoms with E-state index in [0.717, 1.165) is 39.9 Å². The van der Waals surface area contributed by atoms with Crippen molar-refractivity contribution in [2.45, 2.75) is 24.8 Å². The van der Waals surface area contributed by atoms with Crippen LogP contribution in [0.1, 0.15) is 23.6 Å². The van der Waals surface area contributed by atoms with Gasteiger partial charge in [-0.2, -0.15) is 5.26 Å². The van der Waals surface area contributed by atoms with Gasteiger partial charge in [-0.1, -0.05) is 72.6 Å². The summed E-state index contributed by atoms with van der Waals surface area (Å²) in [6, 6.07) is 26.8. The first kappa shape index (κ1) is 29.6. The molecule has 0 bridgehead atoms. The smallest absolute Gasteiger partial charge is 0.178 e. The van der Waals surface area contributed by atoms with E-state index in [2.05, 4.69) is 11.4 Å². The van der Waals surface area contributed by atoms with Crippen molar-refractivity contribution in [3.05, 3.63) is 106 Å². The lowest BCUT2D eigenvalue weighted by Gasteiger charge is -2.16. The number of sulfone groups is 1. The summed E-state index contributed by atoms with van der Waals surface area (Å²) in [6.45, 7) is 2.97. The van der Waals surface area contributed by atoms with Gasteiger partial charge in [0.25, 0.3) is 0 Å². The van der Waals surface area contributed by atoms with Crippen LogP contribution in [-0.4, -0.2) is 39.7 Å². The maximum absolute atomic E-state index is 12.1. The molecule has 0 aromatic heterocycles. The summed E-state index contributed by atoms with van der Waals surface area (Å²) < 4.78 is 24.1. The minimum atomic E-state index is -3.21. The number of hydrogen-bond donors (Lipinski definition) is 1. The lowest BCUT2D eigenvalue weighted by Crippen LogP contribution is -2.11. The normalized spacial score (nSPS) is 11.4. The molecule has 0 heterocycles. The molecule has 0 aliphatic carbocycles. The molecule has 0 aliphatic rings. The van der Waals surface area contributed by atoms with Crippen LogP contribution < -0.4 is 5.32 Å². The Balaban J connectivity index is 1.55. The van der Waals surface area contributed by atoms with E-state index in [1.807, 2.05) is 85.7 Å². The number of rotatable bonds is 10. The maximum Gasteiger partial charge on any atom is 0.178 e. The average molecular weight is 593 g/mol. The predicted octanol–water partition coefficient (Wildman–Crippen LogP) is 7.71. The third-order valence-electron chi connectivity index (χ3n) is 6.68. The van der Waals surface area contributed by atoms with Crippen molar-refractivity contribution in [3.63, 3.8) is 0 Å². The van der Waals surface area contributed by atoms with E-state index in [1.165, 1.54) is 0 Å². The molecule has 0 spiro atoms. The maximum atomic E-state index is 12.1. The molecule has 0 aliphatic heterocycles. The number of nitrogens with zero attached hydrogens (tertiary/aromatic N) is 2. The number of benzene rings is 4. The molecule has 0 atom stereocenters. The highest BCUT2D eigenvalue weighted by molar-refractivity contribution is 7.91. The van der Waals surface area contributed by atoms with Gasteiger partial charge in [-0.05, 0) is 79.2 Å². The standard InChI is InChI=1S/C32H31Cl2N3O2S/c1-4-40(38,39)27-13-9-22(10-14-27)15-16-36-31-8-6-5-7-28(31)25-18-29(33)32(30(34)19-25)23-11-12-24(21-37(2)3)26(17-23)20-35/h5-14,17-19,36H,4,15-16,21H2,1-3H3. The van der Waals surface area contributed by atoms with Crippen LogP contribution in [0.4, 0.5) is 5.69 Å². The first-order valence-corrected chi connectivity index (χ1v) is 15.4. The summed E-state index contributed by atoms with van der Waals surface area (Å²) >= 11 is 13.6.